The number of β-amino-alcohol motifs (C(OH)–C–C–N with tert-alkyl or cyclic N) is 1. The number of likely N-dealkylation sites (tertiary alicyclic amines) is 1. The molecule has 1 saturated heterocycles. The Hall–Kier alpha value is -2.14. The predicted molar refractivity (Wildman–Crippen MR) is 80.3 cm³/mol. The first kappa shape index (κ1) is 13.8. The lowest BCUT2D eigenvalue weighted by Crippen LogP contribution is -2.63. The largest absolute Gasteiger partial charge is 0.386 e. The van der Waals surface area contributed by atoms with E-state index in [1.165, 1.54) is 11.1 Å². The topological polar surface area (TPSA) is 73.4 Å². The molecule has 1 aromatic carbocycles. The smallest absolute Gasteiger partial charge is 0.259 e. The number of H-pyrrole nitrogens is 1. The molecular formula is C16H18N2O3. The predicted octanol–water partition coefficient (Wildman–Crippen LogP) is 1.52. The molecule has 1 amide bonds. The van der Waals surface area contributed by atoms with Crippen LogP contribution in [0.3, 0.4) is 0 Å². The molecule has 0 bridgehead atoms. The van der Waals surface area contributed by atoms with Gasteiger partial charge in [0.25, 0.3) is 5.91 Å². The minimum atomic E-state index is -0.784. The van der Waals surface area contributed by atoms with Gasteiger partial charge in [-0.25, -0.2) is 0 Å². The molecule has 1 aromatic heterocycles. The second kappa shape index (κ2) is 5.00. The summed E-state index contributed by atoms with van der Waals surface area (Å²) in [7, 11) is 0. The van der Waals surface area contributed by atoms with Crippen molar-refractivity contribution in [3.05, 3.63) is 46.2 Å². The summed E-state index contributed by atoms with van der Waals surface area (Å²) in [5.41, 5.74) is -0.203. The number of nitrogens with zero attached hydrogens (tertiary/aromatic N) is 1. The van der Waals surface area contributed by atoms with Crippen molar-refractivity contribution in [3.63, 3.8) is 0 Å². The van der Waals surface area contributed by atoms with Gasteiger partial charge in [0, 0.05) is 17.1 Å². The molecule has 0 saturated carbocycles. The molecule has 0 unspecified atom stereocenters. The fourth-order valence-electron chi connectivity index (χ4n) is 2.93. The highest BCUT2D eigenvalue weighted by Gasteiger charge is 2.43. The molecule has 21 heavy (non-hydrogen) atoms. The number of benzene rings is 1. The fourth-order valence-corrected chi connectivity index (χ4v) is 2.93. The Morgan fingerprint density at radius 3 is 2.81 bits per heavy atom. The standard InChI is InChI=1S/C16H18N2O3/c1-2-7-16(21)9-18(10-16)15(20)12-8-17-13-6-4-3-5-11(13)14(12)19/h3-6,8,21H,2,7,9-10H2,1H3,(H,17,19). The first-order chi connectivity index (χ1) is 10.0. The molecule has 5 heteroatoms. The lowest BCUT2D eigenvalue weighted by atomic mass is 9.89. The first-order valence-corrected chi connectivity index (χ1v) is 7.16. The number of aromatic nitrogens is 1. The summed E-state index contributed by atoms with van der Waals surface area (Å²) in [5, 5.41) is 10.6. The summed E-state index contributed by atoms with van der Waals surface area (Å²) in [6.07, 6.45) is 3.00. The van der Waals surface area contributed by atoms with Gasteiger partial charge >= 0.3 is 0 Å². The van der Waals surface area contributed by atoms with E-state index in [1.54, 1.807) is 18.2 Å². The van der Waals surface area contributed by atoms with Gasteiger partial charge in [-0.3, -0.25) is 9.59 Å². The molecule has 2 heterocycles. The van der Waals surface area contributed by atoms with E-state index in [1.807, 2.05) is 13.0 Å². The molecule has 0 atom stereocenters. The van der Waals surface area contributed by atoms with Crippen LogP contribution in [0, 0.1) is 0 Å². The number of carbonyl (C=O) groups is 1. The van der Waals surface area contributed by atoms with Crippen LogP contribution in [0.15, 0.2) is 35.3 Å². The van der Waals surface area contributed by atoms with Crippen molar-refractivity contribution in [2.24, 2.45) is 0 Å². The molecule has 0 spiro atoms. The van der Waals surface area contributed by atoms with Gasteiger partial charge in [0.1, 0.15) is 5.56 Å². The summed E-state index contributed by atoms with van der Waals surface area (Å²) < 4.78 is 0. The average Bonchev–Trinajstić information content (AvgIpc) is 2.45. The Morgan fingerprint density at radius 2 is 2.10 bits per heavy atom. The SMILES string of the molecule is CCCC1(O)CN(C(=O)c2c[nH]c3ccccc3c2=O)C1. The average molecular weight is 286 g/mol. The molecule has 1 fully saturated rings. The minimum absolute atomic E-state index is 0.132. The van der Waals surface area contributed by atoms with Crippen LogP contribution in [-0.2, 0) is 0 Å². The normalized spacial score (nSPS) is 16.8. The second-order valence-corrected chi connectivity index (χ2v) is 5.71. The van der Waals surface area contributed by atoms with Crippen molar-refractivity contribution >= 4 is 16.8 Å². The summed E-state index contributed by atoms with van der Waals surface area (Å²) >= 11 is 0. The Morgan fingerprint density at radius 1 is 1.38 bits per heavy atom. The Balaban J connectivity index is 1.87. The third kappa shape index (κ3) is 2.34. The quantitative estimate of drug-likeness (QED) is 0.898. The molecule has 3 rings (SSSR count). The zero-order valence-corrected chi connectivity index (χ0v) is 11.9. The first-order valence-electron chi connectivity index (χ1n) is 7.16. The van der Waals surface area contributed by atoms with Crippen LogP contribution in [0.4, 0.5) is 0 Å². The number of pyridine rings is 1. The molecule has 0 radical (unpaired) electrons. The number of rotatable bonds is 3. The minimum Gasteiger partial charge on any atom is -0.386 e. The maximum absolute atomic E-state index is 12.4. The van der Waals surface area contributed by atoms with E-state index in [2.05, 4.69) is 4.98 Å². The van der Waals surface area contributed by atoms with Crippen LogP contribution >= 0.6 is 0 Å². The van der Waals surface area contributed by atoms with E-state index < -0.39 is 5.60 Å². The highest BCUT2D eigenvalue weighted by atomic mass is 16.3. The third-order valence-corrected chi connectivity index (χ3v) is 3.99. The molecule has 5 nitrogen and oxygen atoms in total. The highest BCUT2D eigenvalue weighted by molar-refractivity contribution is 5.97. The molecule has 110 valence electrons. The van der Waals surface area contributed by atoms with Crippen LogP contribution in [0.2, 0.25) is 0 Å². The van der Waals surface area contributed by atoms with Gasteiger partial charge in [-0.1, -0.05) is 25.5 Å². The number of hydrogen-bond acceptors (Lipinski definition) is 3. The Bertz CT molecular complexity index is 745. The van der Waals surface area contributed by atoms with Gasteiger partial charge in [0.15, 0.2) is 0 Å². The van der Waals surface area contributed by atoms with E-state index in [-0.39, 0.29) is 16.9 Å². The van der Waals surface area contributed by atoms with Crippen molar-refractivity contribution in [1.82, 2.24) is 9.88 Å². The molecule has 1 aliphatic heterocycles. The van der Waals surface area contributed by atoms with Crippen LogP contribution < -0.4 is 5.43 Å². The Labute approximate surface area is 122 Å². The van der Waals surface area contributed by atoms with E-state index in [0.717, 1.165) is 6.42 Å². The maximum Gasteiger partial charge on any atom is 0.259 e. The van der Waals surface area contributed by atoms with Gasteiger partial charge in [0.2, 0.25) is 5.43 Å². The summed E-state index contributed by atoms with van der Waals surface area (Å²) in [5.74, 6) is -0.317. The summed E-state index contributed by atoms with van der Waals surface area (Å²) in [4.78, 5) is 29.3. The second-order valence-electron chi connectivity index (χ2n) is 5.71. The number of aliphatic hydroxyl groups is 1. The Kier molecular flexibility index (Phi) is 3.29. The van der Waals surface area contributed by atoms with Crippen molar-refractivity contribution in [2.75, 3.05) is 13.1 Å². The van der Waals surface area contributed by atoms with Crippen molar-refractivity contribution in [3.8, 4) is 0 Å². The highest BCUT2D eigenvalue weighted by Crippen LogP contribution is 2.26. The van der Waals surface area contributed by atoms with E-state index in [9.17, 15) is 14.7 Å². The third-order valence-electron chi connectivity index (χ3n) is 3.99. The lowest BCUT2D eigenvalue weighted by molar-refractivity contribution is -0.0860. The molecule has 0 aliphatic carbocycles. The zero-order chi connectivity index (χ0) is 15.0. The van der Waals surface area contributed by atoms with Crippen LogP contribution in [0.1, 0.15) is 30.1 Å². The summed E-state index contributed by atoms with van der Waals surface area (Å²) in [6.45, 7) is 2.59. The summed E-state index contributed by atoms with van der Waals surface area (Å²) in [6, 6.07) is 7.11. The number of hydrogen-bond donors (Lipinski definition) is 2. The van der Waals surface area contributed by atoms with Gasteiger partial charge in [0.05, 0.1) is 18.7 Å². The fraction of sp³-hybridized carbons (Fsp3) is 0.375. The van der Waals surface area contributed by atoms with Gasteiger partial charge < -0.3 is 15.0 Å². The van der Waals surface area contributed by atoms with Crippen LogP contribution in [0.5, 0.6) is 0 Å². The van der Waals surface area contributed by atoms with Gasteiger partial charge in [-0.15, -0.1) is 0 Å². The molecule has 2 aromatic rings. The van der Waals surface area contributed by atoms with Crippen LogP contribution in [-0.4, -0.2) is 39.6 Å². The van der Waals surface area contributed by atoms with Gasteiger partial charge in [-0.05, 0) is 18.6 Å². The monoisotopic (exact) mass is 286 g/mol. The molecule has 2 N–H and O–H groups in total. The number of para-hydroxylation sites is 1. The van der Waals surface area contributed by atoms with Gasteiger partial charge in [-0.2, -0.15) is 0 Å². The molecule has 1 aliphatic rings. The number of carbonyl (C=O) groups excluding carboxylic acids is 1. The van der Waals surface area contributed by atoms with Crippen LogP contribution in [0.25, 0.3) is 10.9 Å². The maximum atomic E-state index is 12.4. The number of fused-ring (bicyclic) bond motifs is 1. The number of amides is 1. The lowest BCUT2D eigenvalue weighted by Gasteiger charge is -2.46. The molecular weight excluding hydrogens is 268 g/mol. The van der Waals surface area contributed by atoms with Crippen molar-refractivity contribution < 1.29 is 9.90 Å². The number of aromatic amines is 1. The van der Waals surface area contributed by atoms with E-state index in [4.69, 9.17) is 0 Å². The van der Waals surface area contributed by atoms with E-state index >= 15 is 0 Å². The van der Waals surface area contributed by atoms with E-state index in [0.29, 0.717) is 30.4 Å². The number of nitrogens with one attached hydrogen (secondary N) is 1. The zero-order valence-electron chi connectivity index (χ0n) is 11.9. The van der Waals surface area contributed by atoms with Crippen molar-refractivity contribution in [1.29, 1.82) is 0 Å². The van der Waals surface area contributed by atoms with Crippen molar-refractivity contribution in [2.45, 2.75) is 25.4 Å².